The summed E-state index contributed by atoms with van der Waals surface area (Å²) in [6.07, 6.45) is 0. The summed E-state index contributed by atoms with van der Waals surface area (Å²) in [5, 5.41) is 2.64. The molecule has 1 amide bonds. The molecule has 0 saturated carbocycles. The normalized spacial score (nSPS) is 23.2. The first-order valence-electron chi connectivity index (χ1n) is 4.17. The fraction of sp³-hybridized carbons (Fsp3) is 0.857. The van der Waals surface area contributed by atoms with E-state index in [2.05, 4.69) is 21.2 Å². The zero-order valence-electron chi connectivity index (χ0n) is 8.08. The van der Waals surface area contributed by atoms with Crippen molar-refractivity contribution in [1.82, 2.24) is 9.62 Å². The molecule has 1 heterocycles. The van der Waals surface area contributed by atoms with Crippen LogP contribution in [0.5, 0.6) is 0 Å². The summed E-state index contributed by atoms with van der Waals surface area (Å²) in [5.74, 6) is -0.256. The van der Waals surface area contributed by atoms with Gasteiger partial charge in [-0.25, -0.2) is 8.42 Å². The van der Waals surface area contributed by atoms with Gasteiger partial charge in [-0.15, -0.1) is 0 Å². The van der Waals surface area contributed by atoms with Gasteiger partial charge in [0, 0.05) is 13.1 Å². The fourth-order valence-corrected chi connectivity index (χ4v) is 3.43. The first-order valence-corrected chi connectivity index (χ1v) is 6.90. The summed E-state index contributed by atoms with van der Waals surface area (Å²) in [6.45, 7) is 3.89. The zero-order chi connectivity index (χ0) is 11.0. The lowest BCUT2D eigenvalue weighted by atomic mass is 10.0. The number of nitrogens with one attached hydrogen (secondary N) is 1. The number of rotatable bonds is 2. The Morgan fingerprint density at radius 3 is 2.64 bits per heavy atom. The van der Waals surface area contributed by atoms with E-state index in [9.17, 15) is 13.2 Å². The number of piperazine rings is 1. The van der Waals surface area contributed by atoms with Gasteiger partial charge in [0.1, 0.15) is 10.2 Å². The number of halogens is 1. The highest BCUT2D eigenvalue weighted by molar-refractivity contribution is 9.10. The number of carbonyl (C=O) groups excluding carboxylic acids is 1. The van der Waals surface area contributed by atoms with Crippen molar-refractivity contribution in [3.63, 3.8) is 0 Å². The number of sulfonamides is 1. The van der Waals surface area contributed by atoms with Crippen LogP contribution in [0.2, 0.25) is 0 Å². The minimum absolute atomic E-state index is 0.156. The summed E-state index contributed by atoms with van der Waals surface area (Å²) in [6, 6.07) is 0. The fourth-order valence-electron chi connectivity index (χ4n) is 1.43. The lowest BCUT2D eigenvalue weighted by Gasteiger charge is -2.39. The quantitative estimate of drug-likeness (QED) is 0.719. The van der Waals surface area contributed by atoms with E-state index in [0.717, 1.165) is 0 Å². The standard InChI is InChI=1S/C7H13BrN2O3S/c1-7(2)6(11)9-3-4-10(7)14(12,13)5-8/h3-5H2,1-2H3,(H,9,11). The summed E-state index contributed by atoms with van der Waals surface area (Å²) in [4.78, 5) is 11.5. The Morgan fingerprint density at radius 2 is 2.14 bits per heavy atom. The van der Waals surface area contributed by atoms with Crippen molar-refractivity contribution in [3.05, 3.63) is 0 Å². The second-order valence-electron chi connectivity index (χ2n) is 3.61. The molecule has 82 valence electrons. The van der Waals surface area contributed by atoms with Gasteiger partial charge in [0.15, 0.2) is 0 Å². The Kier molecular flexibility index (Phi) is 3.23. The molecule has 1 N–H and O–H groups in total. The van der Waals surface area contributed by atoms with Crippen molar-refractivity contribution in [2.75, 3.05) is 17.8 Å². The van der Waals surface area contributed by atoms with Gasteiger partial charge < -0.3 is 5.32 Å². The molecule has 14 heavy (non-hydrogen) atoms. The van der Waals surface area contributed by atoms with E-state index >= 15 is 0 Å². The van der Waals surface area contributed by atoms with Crippen LogP contribution in [0, 0.1) is 0 Å². The van der Waals surface area contributed by atoms with Crippen LogP contribution in [-0.4, -0.2) is 41.9 Å². The maximum Gasteiger partial charge on any atom is 0.241 e. The van der Waals surface area contributed by atoms with Crippen LogP contribution in [0.15, 0.2) is 0 Å². The maximum absolute atomic E-state index is 11.6. The molecule has 0 atom stereocenters. The summed E-state index contributed by atoms with van der Waals surface area (Å²) >= 11 is 2.92. The second kappa shape index (κ2) is 3.79. The van der Waals surface area contributed by atoms with Crippen molar-refractivity contribution in [3.8, 4) is 0 Å². The summed E-state index contributed by atoms with van der Waals surface area (Å²) in [5.41, 5.74) is -0.995. The molecule has 1 saturated heterocycles. The molecule has 1 rings (SSSR count). The molecule has 1 aliphatic rings. The van der Waals surface area contributed by atoms with Gasteiger partial charge in [0.25, 0.3) is 0 Å². The van der Waals surface area contributed by atoms with Crippen LogP contribution >= 0.6 is 15.9 Å². The van der Waals surface area contributed by atoms with Crippen molar-refractivity contribution < 1.29 is 13.2 Å². The molecule has 5 nitrogen and oxygen atoms in total. The number of nitrogens with zero attached hydrogens (tertiary/aromatic N) is 1. The molecular formula is C7H13BrN2O3S. The molecule has 7 heteroatoms. The smallest absolute Gasteiger partial charge is 0.241 e. The minimum atomic E-state index is -3.37. The van der Waals surface area contributed by atoms with Crippen LogP contribution in [0.4, 0.5) is 0 Å². The van der Waals surface area contributed by atoms with Gasteiger partial charge in [0.2, 0.25) is 15.9 Å². The lowest BCUT2D eigenvalue weighted by molar-refractivity contribution is -0.131. The van der Waals surface area contributed by atoms with E-state index in [-0.39, 0.29) is 10.6 Å². The SMILES string of the molecule is CC1(C)C(=O)NCCN1S(=O)(=O)CBr. The molecule has 0 bridgehead atoms. The van der Waals surface area contributed by atoms with E-state index < -0.39 is 15.6 Å². The average Bonchev–Trinajstić information content (AvgIpc) is 2.09. The topological polar surface area (TPSA) is 66.5 Å². The van der Waals surface area contributed by atoms with Gasteiger partial charge in [-0.05, 0) is 13.8 Å². The van der Waals surface area contributed by atoms with E-state index in [4.69, 9.17) is 0 Å². The monoisotopic (exact) mass is 284 g/mol. The predicted octanol–water partition coefficient (Wildman–Crippen LogP) is -0.121. The molecule has 0 aromatic carbocycles. The Morgan fingerprint density at radius 1 is 1.57 bits per heavy atom. The van der Waals surface area contributed by atoms with Crippen molar-refractivity contribution in [2.45, 2.75) is 19.4 Å². The number of amides is 1. The van der Waals surface area contributed by atoms with Gasteiger partial charge in [-0.3, -0.25) is 4.79 Å². The Hall–Kier alpha value is -0.140. The summed E-state index contributed by atoms with van der Waals surface area (Å²) in [7, 11) is -3.37. The Labute approximate surface area is 92.0 Å². The lowest BCUT2D eigenvalue weighted by Crippen LogP contribution is -2.63. The summed E-state index contributed by atoms with van der Waals surface area (Å²) < 4.78 is 24.3. The van der Waals surface area contributed by atoms with E-state index in [1.807, 2.05) is 0 Å². The van der Waals surface area contributed by atoms with Crippen molar-refractivity contribution >= 4 is 31.9 Å². The van der Waals surface area contributed by atoms with Crippen LogP contribution < -0.4 is 5.32 Å². The Balaban J connectivity index is 3.05. The average molecular weight is 285 g/mol. The highest BCUT2D eigenvalue weighted by Crippen LogP contribution is 2.22. The number of alkyl halides is 1. The molecule has 0 radical (unpaired) electrons. The highest BCUT2D eigenvalue weighted by Gasteiger charge is 2.43. The van der Waals surface area contributed by atoms with E-state index in [1.54, 1.807) is 13.8 Å². The molecule has 0 unspecified atom stereocenters. The molecule has 1 aliphatic heterocycles. The van der Waals surface area contributed by atoms with E-state index in [0.29, 0.717) is 13.1 Å². The Bertz CT molecular complexity index is 339. The third kappa shape index (κ3) is 1.94. The molecular weight excluding hydrogens is 272 g/mol. The van der Waals surface area contributed by atoms with Crippen molar-refractivity contribution in [1.29, 1.82) is 0 Å². The highest BCUT2D eigenvalue weighted by atomic mass is 79.9. The van der Waals surface area contributed by atoms with Crippen LogP contribution in [0.25, 0.3) is 0 Å². The number of carbonyl (C=O) groups is 1. The molecule has 0 spiro atoms. The number of hydrogen-bond donors (Lipinski definition) is 1. The van der Waals surface area contributed by atoms with Crippen molar-refractivity contribution in [2.24, 2.45) is 0 Å². The van der Waals surface area contributed by atoms with Crippen LogP contribution in [0.3, 0.4) is 0 Å². The third-order valence-corrected chi connectivity index (χ3v) is 5.58. The number of hydrogen-bond acceptors (Lipinski definition) is 3. The van der Waals surface area contributed by atoms with Gasteiger partial charge in [-0.2, -0.15) is 4.31 Å². The maximum atomic E-state index is 11.6. The van der Waals surface area contributed by atoms with Crippen LogP contribution in [-0.2, 0) is 14.8 Å². The molecule has 0 aliphatic carbocycles. The third-order valence-electron chi connectivity index (χ3n) is 2.25. The molecule has 0 aromatic heterocycles. The van der Waals surface area contributed by atoms with E-state index in [1.165, 1.54) is 4.31 Å². The first kappa shape index (κ1) is 11.9. The second-order valence-corrected chi connectivity index (χ2v) is 6.80. The largest absolute Gasteiger partial charge is 0.353 e. The van der Waals surface area contributed by atoms with Gasteiger partial charge in [0.05, 0.1) is 0 Å². The van der Waals surface area contributed by atoms with Gasteiger partial charge in [-0.1, -0.05) is 15.9 Å². The minimum Gasteiger partial charge on any atom is -0.353 e. The molecule has 0 aromatic rings. The van der Waals surface area contributed by atoms with Crippen LogP contribution in [0.1, 0.15) is 13.8 Å². The predicted molar refractivity (Wildman–Crippen MR) is 56.5 cm³/mol. The molecule has 1 fully saturated rings. The zero-order valence-corrected chi connectivity index (χ0v) is 10.5. The van der Waals surface area contributed by atoms with Gasteiger partial charge >= 0.3 is 0 Å². The first-order chi connectivity index (χ1) is 6.32.